The Morgan fingerprint density at radius 2 is 1.84 bits per heavy atom. The van der Waals surface area contributed by atoms with Crippen LogP contribution < -0.4 is 9.47 Å². The smallest absolute Gasteiger partial charge is 0.357 e. The molecule has 10 nitrogen and oxygen atoms in total. The number of benzene rings is 2. The lowest BCUT2D eigenvalue weighted by atomic mass is 9.92. The molecule has 1 fully saturated rings. The number of nitrogens with zero attached hydrogens (tertiary/aromatic N) is 2. The molecule has 2 heterocycles. The van der Waals surface area contributed by atoms with Gasteiger partial charge in [0.15, 0.2) is 11.5 Å². The Morgan fingerprint density at radius 3 is 2.44 bits per heavy atom. The highest BCUT2D eigenvalue weighted by atomic mass is 32.2. The molecule has 0 N–H and O–H groups in total. The van der Waals surface area contributed by atoms with Crippen molar-refractivity contribution in [3.8, 4) is 11.5 Å². The van der Waals surface area contributed by atoms with Crippen LogP contribution in [0, 0.1) is 10.1 Å². The fraction of sp³-hybridized carbons (Fsp3) is 0.238. The number of carbonyl (C=O) groups excluding carboxylic acids is 2. The van der Waals surface area contributed by atoms with Crippen LogP contribution in [0.25, 0.3) is 0 Å². The van der Waals surface area contributed by atoms with Gasteiger partial charge in [0.1, 0.15) is 5.70 Å². The minimum atomic E-state index is -1.47. The average molecular weight is 458 g/mol. The number of hydrogen-bond donors (Lipinski definition) is 0. The zero-order chi connectivity index (χ0) is 23.0. The summed E-state index contributed by atoms with van der Waals surface area (Å²) in [6.45, 7) is 0. The lowest BCUT2D eigenvalue weighted by Gasteiger charge is -2.42. The molecule has 0 spiro atoms. The number of nitro groups is 1. The molecule has 1 atom stereocenters. The SMILES string of the molecule is COC(=O)/C=C1/C(=O)OC2(c3ccc([N+](=O)[O-])cc3)c3cc(OC)c(OC)cc3SCN12. The molecule has 0 aromatic heterocycles. The first-order valence-corrected chi connectivity index (χ1v) is 10.3. The van der Waals surface area contributed by atoms with Crippen LogP contribution in [0.5, 0.6) is 11.5 Å². The van der Waals surface area contributed by atoms with Gasteiger partial charge in [-0.3, -0.25) is 10.1 Å². The fourth-order valence-corrected chi connectivity index (χ4v) is 4.88. The summed E-state index contributed by atoms with van der Waals surface area (Å²) in [5.41, 5.74) is -0.515. The number of ether oxygens (including phenoxy) is 4. The first-order valence-electron chi connectivity index (χ1n) is 9.30. The van der Waals surface area contributed by atoms with Crippen molar-refractivity contribution < 1.29 is 33.5 Å². The predicted molar refractivity (Wildman–Crippen MR) is 112 cm³/mol. The number of non-ortho nitro benzene ring substituents is 1. The lowest BCUT2D eigenvalue weighted by Crippen LogP contribution is -2.45. The Hall–Kier alpha value is -3.73. The highest BCUT2D eigenvalue weighted by Crippen LogP contribution is 2.54. The van der Waals surface area contributed by atoms with Gasteiger partial charge in [-0.05, 0) is 24.3 Å². The summed E-state index contributed by atoms with van der Waals surface area (Å²) in [7, 11) is 4.21. The summed E-state index contributed by atoms with van der Waals surface area (Å²) in [5, 5.41) is 11.1. The average Bonchev–Trinajstić information content (AvgIpc) is 3.10. The first kappa shape index (κ1) is 21.5. The largest absolute Gasteiger partial charge is 0.493 e. The molecule has 0 saturated carbocycles. The Morgan fingerprint density at radius 1 is 1.19 bits per heavy atom. The number of hydrogen-bond acceptors (Lipinski definition) is 10. The summed E-state index contributed by atoms with van der Waals surface area (Å²) >= 11 is 1.41. The maximum atomic E-state index is 12.9. The van der Waals surface area contributed by atoms with Gasteiger partial charge in [-0.1, -0.05) is 0 Å². The van der Waals surface area contributed by atoms with Crippen molar-refractivity contribution in [2.24, 2.45) is 0 Å². The Bertz CT molecular complexity index is 1150. The van der Waals surface area contributed by atoms with Gasteiger partial charge in [-0.25, -0.2) is 9.59 Å². The molecule has 1 saturated heterocycles. The van der Waals surface area contributed by atoms with Gasteiger partial charge in [0.05, 0.1) is 38.2 Å². The third-order valence-electron chi connectivity index (χ3n) is 5.25. The van der Waals surface area contributed by atoms with Crippen molar-refractivity contribution in [2.75, 3.05) is 27.2 Å². The zero-order valence-corrected chi connectivity index (χ0v) is 18.1. The van der Waals surface area contributed by atoms with Crippen LogP contribution in [-0.4, -0.2) is 49.0 Å². The molecule has 1 unspecified atom stereocenters. The van der Waals surface area contributed by atoms with E-state index in [0.29, 0.717) is 22.6 Å². The van der Waals surface area contributed by atoms with Gasteiger partial charge in [0, 0.05) is 28.2 Å². The summed E-state index contributed by atoms with van der Waals surface area (Å²) < 4.78 is 21.5. The second-order valence-corrected chi connectivity index (χ2v) is 7.78. The second-order valence-electron chi connectivity index (χ2n) is 6.80. The Labute approximate surface area is 186 Å². The Balaban J connectivity index is 1.98. The molecule has 0 radical (unpaired) electrons. The molecular weight excluding hydrogens is 440 g/mol. The molecule has 11 heteroatoms. The van der Waals surface area contributed by atoms with E-state index in [1.807, 2.05) is 0 Å². The lowest BCUT2D eigenvalue weighted by molar-refractivity contribution is -0.384. The van der Waals surface area contributed by atoms with Gasteiger partial charge in [-0.15, -0.1) is 11.8 Å². The van der Waals surface area contributed by atoms with Crippen LogP contribution in [0.4, 0.5) is 5.69 Å². The molecule has 2 aromatic rings. The topological polar surface area (TPSA) is 117 Å². The van der Waals surface area contributed by atoms with Crippen molar-refractivity contribution in [3.63, 3.8) is 0 Å². The third kappa shape index (κ3) is 3.21. The predicted octanol–water partition coefficient (Wildman–Crippen LogP) is 2.79. The number of fused-ring (bicyclic) bond motifs is 3. The summed E-state index contributed by atoms with van der Waals surface area (Å²) in [4.78, 5) is 37.9. The number of rotatable bonds is 5. The fourth-order valence-electron chi connectivity index (χ4n) is 3.75. The first-order chi connectivity index (χ1) is 15.3. The van der Waals surface area contributed by atoms with Crippen LogP contribution in [0.1, 0.15) is 11.1 Å². The van der Waals surface area contributed by atoms with E-state index in [-0.39, 0.29) is 17.3 Å². The third-order valence-corrected chi connectivity index (χ3v) is 6.28. The number of esters is 2. The molecular formula is C21H18N2O8S. The maximum Gasteiger partial charge on any atom is 0.357 e. The van der Waals surface area contributed by atoms with Gasteiger partial charge in [-0.2, -0.15) is 0 Å². The van der Waals surface area contributed by atoms with Gasteiger partial charge in [0.2, 0.25) is 5.72 Å². The van der Waals surface area contributed by atoms with E-state index in [2.05, 4.69) is 4.74 Å². The molecule has 2 aliphatic rings. The van der Waals surface area contributed by atoms with Gasteiger partial charge < -0.3 is 23.8 Å². The normalized spacial score (nSPS) is 20.3. The molecule has 32 heavy (non-hydrogen) atoms. The monoisotopic (exact) mass is 458 g/mol. The maximum absolute atomic E-state index is 12.9. The molecule has 166 valence electrons. The van der Waals surface area contributed by atoms with Gasteiger partial charge in [0.25, 0.3) is 5.69 Å². The molecule has 2 aromatic carbocycles. The van der Waals surface area contributed by atoms with Crippen LogP contribution in [0.15, 0.2) is 53.1 Å². The Kier molecular flexibility index (Phi) is 5.43. The number of carbonyl (C=O) groups is 2. The number of nitro benzene ring substituents is 1. The zero-order valence-electron chi connectivity index (χ0n) is 17.3. The summed E-state index contributed by atoms with van der Waals surface area (Å²) in [6, 6.07) is 9.19. The van der Waals surface area contributed by atoms with E-state index in [0.717, 1.165) is 11.0 Å². The van der Waals surface area contributed by atoms with Crippen molar-refractivity contribution in [3.05, 3.63) is 69.4 Å². The van der Waals surface area contributed by atoms with Crippen LogP contribution in [0.3, 0.4) is 0 Å². The van der Waals surface area contributed by atoms with E-state index in [9.17, 15) is 19.7 Å². The van der Waals surface area contributed by atoms with E-state index in [1.165, 1.54) is 57.4 Å². The second kappa shape index (κ2) is 8.08. The quantitative estimate of drug-likeness (QED) is 0.286. The van der Waals surface area contributed by atoms with Crippen LogP contribution in [0.2, 0.25) is 0 Å². The van der Waals surface area contributed by atoms with Crippen molar-refractivity contribution in [2.45, 2.75) is 10.6 Å². The standard InChI is InChI=1S/C21H18N2O8S/c1-28-16-8-14-18(10-17(16)29-2)32-11-22-15(9-19(24)30-3)20(25)31-21(14,22)12-4-6-13(7-5-12)23(26)27/h4-10H,11H2,1-3H3/b15-9-. The van der Waals surface area contributed by atoms with Crippen LogP contribution >= 0.6 is 11.8 Å². The van der Waals surface area contributed by atoms with E-state index >= 15 is 0 Å². The molecule has 0 aliphatic carbocycles. The summed E-state index contributed by atoms with van der Waals surface area (Å²) in [5.74, 6) is -0.262. The van der Waals surface area contributed by atoms with Gasteiger partial charge >= 0.3 is 11.9 Å². The van der Waals surface area contributed by atoms with E-state index in [1.54, 1.807) is 17.0 Å². The van der Waals surface area contributed by atoms with Crippen molar-refractivity contribution >= 4 is 29.4 Å². The minimum Gasteiger partial charge on any atom is -0.493 e. The summed E-state index contributed by atoms with van der Waals surface area (Å²) in [6.07, 6.45) is 1.07. The molecule has 0 bridgehead atoms. The van der Waals surface area contributed by atoms with Crippen molar-refractivity contribution in [1.82, 2.24) is 4.90 Å². The molecule has 2 aliphatic heterocycles. The molecule has 4 rings (SSSR count). The van der Waals surface area contributed by atoms with Crippen LogP contribution in [-0.2, 0) is 24.8 Å². The highest BCUT2D eigenvalue weighted by Gasteiger charge is 2.56. The number of methoxy groups -OCH3 is 3. The van der Waals surface area contributed by atoms with E-state index in [4.69, 9.17) is 14.2 Å². The van der Waals surface area contributed by atoms with Crippen molar-refractivity contribution in [1.29, 1.82) is 0 Å². The minimum absolute atomic E-state index is 0.0168. The highest BCUT2D eigenvalue weighted by molar-refractivity contribution is 7.99. The molecule has 0 amide bonds. The number of thioether (sulfide) groups is 1. The van der Waals surface area contributed by atoms with E-state index < -0.39 is 22.6 Å².